The summed E-state index contributed by atoms with van der Waals surface area (Å²) in [6, 6.07) is 5.11. The molecule has 0 saturated carbocycles. The van der Waals surface area contributed by atoms with Crippen molar-refractivity contribution in [3.63, 3.8) is 0 Å². The first-order chi connectivity index (χ1) is 8.35. The molecular weight excluding hydrogens is 212 g/mol. The smallest absolute Gasteiger partial charge is 0.120 e. The highest BCUT2D eigenvalue weighted by Gasteiger charge is 2.23. The van der Waals surface area contributed by atoms with Crippen LogP contribution in [0.5, 0.6) is 0 Å². The Kier molecular flexibility index (Phi) is 4.63. The number of likely N-dealkylation sites (N-methyl/N-ethyl adjacent to an activating group) is 1. The van der Waals surface area contributed by atoms with Crippen LogP contribution in [0.15, 0.2) is 22.8 Å². The van der Waals surface area contributed by atoms with Crippen molar-refractivity contribution >= 4 is 0 Å². The van der Waals surface area contributed by atoms with Crippen LogP contribution in [0.1, 0.15) is 44.9 Å². The highest BCUT2D eigenvalue weighted by molar-refractivity contribution is 5.04. The molecule has 3 nitrogen and oxygen atoms in total. The Hall–Kier alpha value is -0.800. The molecule has 3 heteroatoms. The molecule has 0 radical (unpaired) electrons. The van der Waals surface area contributed by atoms with Gasteiger partial charge in [-0.3, -0.25) is 4.90 Å². The van der Waals surface area contributed by atoms with Crippen LogP contribution in [0.4, 0.5) is 0 Å². The lowest BCUT2D eigenvalue weighted by atomic mass is 10.1. The van der Waals surface area contributed by atoms with Crippen LogP contribution in [0.2, 0.25) is 0 Å². The van der Waals surface area contributed by atoms with E-state index in [9.17, 15) is 0 Å². The largest absolute Gasteiger partial charge is 0.468 e. The molecule has 1 aliphatic heterocycles. The molecule has 0 aromatic carbocycles. The Labute approximate surface area is 104 Å². The third kappa shape index (κ3) is 3.11. The first-order valence-electron chi connectivity index (χ1n) is 6.86. The van der Waals surface area contributed by atoms with Crippen LogP contribution in [0.3, 0.4) is 0 Å². The molecule has 2 atom stereocenters. The van der Waals surface area contributed by atoms with E-state index in [1.165, 1.54) is 25.9 Å². The number of furan rings is 1. The molecule has 0 bridgehead atoms. The lowest BCUT2D eigenvalue weighted by molar-refractivity contribution is 0.249. The van der Waals surface area contributed by atoms with E-state index in [4.69, 9.17) is 4.42 Å². The van der Waals surface area contributed by atoms with E-state index in [0.29, 0.717) is 12.1 Å². The summed E-state index contributed by atoms with van der Waals surface area (Å²) in [6.07, 6.45) is 5.51. The second-order valence-corrected chi connectivity index (χ2v) is 4.81. The van der Waals surface area contributed by atoms with Crippen molar-refractivity contribution in [1.29, 1.82) is 0 Å². The van der Waals surface area contributed by atoms with E-state index in [1.807, 2.05) is 6.07 Å². The molecule has 1 aromatic heterocycles. The van der Waals surface area contributed by atoms with Crippen LogP contribution in [-0.4, -0.2) is 30.6 Å². The van der Waals surface area contributed by atoms with E-state index in [-0.39, 0.29) is 0 Å². The van der Waals surface area contributed by atoms with Crippen molar-refractivity contribution < 1.29 is 4.42 Å². The minimum Gasteiger partial charge on any atom is -0.468 e. The molecule has 0 amide bonds. The van der Waals surface area contributed by atoms with E-state index in [2.05, 4.69) is 30.1 Å². The minimum atomic E-state index is 0.365. The zero-order chi connectivity index (χ0) is 12.1. The molecule has 1 aliphatic rings. The van der Waals surface area contributed by atoms with Gasteiger partial charge in [0.15, 0.2) is 0 Å². The Morgan fingerprint density at radius 1 is 1.53 bits per heavy atom. The minimum absolute atomic E-state index is 0.365. The quantitative estimate of drug-likeness (QED) is 0.823. The van der Waals surface area contributed by atoms with Crippen LogP contribution in [0, 0.1) is 0 Å². The van der Waals surface area contributed by atoms with Crippen LogP contribution in [0.25, 0.3) is 0 Å². The number of hydrogen-bond acceptors (Lipinski definition) is 3. The van der Waals surface area contributed by atoms with E-state index in [0.717, 1.165) is 18.7 Å². The zero-order valence-electron chi connectivity index (χ0n) is 11.0. The van der Waals surface area contributed by atoms with Crippen molar-refractivity contribution in [2.75, 3.05) is 19.6 Å². The van der Waals surface area contributed by atoms with Crippen molar-refractivity contribution in [1.82, 2.24) is 10.2 Å². The van der Waals surface area contributed by atoms with Gasteiger partial charge in [0.05, 0.1) is 12.3 Å². The molecule has 17 heavy (non-hydrogen) atoms. The Morgan fingerprint density at radius 2 is 2.41 bits per heavy atom. The molecule has 2 rings (SSSR count). The van der Waals surface area contributed by atoms with Crippen molar-refractivity contribution in [3.05, 3.63) is 24.2 Å². The van der Waals surface area contributed by atoms with Gasteiger partial charge in [0.1, 0.15) is 5.76 Å². The molecule has 96 valence electrons. The summed E-state index contributed by atoms with van der Waals surface area (Å²) in [7, 11) is 0. The number of hydrogen-bond donors (Lipinski definition) is 1. The van der Waals surface area contributed by atoms with Gasteiger partial charge in [0.25, 0.3) is 0 Å². The maximum atomic E-state index is 5.48. The van der Waals surface area contributed by atoms with Gasteiger partial charge in [-0.1, -0.05) is 13.8 Å². The van der Waals surface area contributed by atoms with Gasteiger partial charge in [-0.25, -0.2) is 0 Å². The molecule has 2 unspecified atom stereocenters. The van der Waals surface area contributed by atoms with E-state index in [1.54, 1.807) is 6.26 Å². The highest BCUT2D eigenvalue weighted by atomic mass is 16.3. The second kappa shape index (κ2) is 6.22. The van der Waals surface area contributed by atoms with Gasteiger partial charge in [0, 0.05) is 12.6 Å². The first-order valence-corrected chi connectivity index (χ1v) is 6.86. The fourth-order valence-electron chi connectivity index (χ4n) is 2.76. The van der Waals surface area contributed by atoms with Crippen LogP contribution < -0.4 is 5.32 Å². The number of nitrogens with zero attached hydrogens (tertiary/aromatic N) is 1. The predicted octanol–water partition coefficient (Wildman–Crippen LogP) is 2.80. The third-order valence-corrected chi connectivity index (χ3v) is 3.80. The van der Waals surface area contributed by atoms with E-state index < -0.39 is 0 Å². The van der Waals surface area contributed by atoms with Crippen molar-refractivity contribution in [2.45, 2.75) is 45.2 Å². The molecule has 1 saturated heterocycles. The van der Waals surface area contributed by atoms with Crippen molar-refractivity contribution in [3.8, 4) is 0 Å². The molecule has 1 N–H and O–H groups in total. The number of nitrogens with one attached hydrogen (secondary N) is 1. The monoisotopic (exact) mass is 236 g/mol. The average molecular weight is 236 g/mol. The molecular formula is C14H24N2O. The van der Waals surface area contributed by atoms with Gasteiger partial charge >= 0.3 is 0 Å². The molecule has 1 aromatic rings. The van der Waals surface area contributed by atoms with Crippen molar-refractivity contribution in [2.24, 2.45) is 0 Å². The Bertz CT molecular complexity index is 310. The summed E-state index contributed by atoms with van der Waals surface area (Å²) < 4.78 is 5.48. The summed E-state index contributed by atoms with van der Waals surface area (Å²) in [5.41, 5.74) is 0. The predicted molar refractivity (Wildman–Crippen MR) is 70.0 cm³/mol. The van der Waals surface area contributed by atoms with Crippen LogP contribution >= 0.6 is 0 Å². The molecule has 0 spiro atoms. The standard InChI is InChI=1S/C14H24N2O/c1-3-13(14-8-6-10-17-14)15-11-12-7-5-9-16(12)4-2/h6,8,10,12-13,15H,3-5,7,9,11H2,1-2H3. The molecule has 1 fully saturated rings. The molecule has 0 aliphatic carbocycles. The fraction of sp³-hybridized carbons (Fsp3) is 0.714. The Balaban J connectivity index is 1.84. The zero-order valence-corrected chi connectivity index (χ0v) is 11.0. The summed E-state index contributed by atoms with van der Waals surface area (Å²) in [5.74, 6) is 1.06. The number of likely N-dealkylation sites (tertiary alicyclic amines) is 1. The summed E-state index contributed by atoms with van der Waals surface area (Å²) in [5, 5.41) is 3.64. The Morgan fingerprint density at radius 3 is 3.06 bits per heavy atom. The summed E-state index contributed by atoms with van der Waals surface area (Å²) in [6.45, 7) is 7.96. The SMILES string of the molecule is CCC(NCC1CCCN1CC)c1ccco1. The third-order valence-electron chi connectivity index (χ3n) is 3.80. The lowest BCUT2D eigenvalue weighted by Crippen LogP contribution is -2.38. The fourth-order valence-corrected chi connectivity index (χ4v) is 2.76. The molecule has 2 heterocycles. The first kappa shape index (κ1) is 12.7. The van der Waals surface area contributed by atoms with Gasteiger partial charge in [-0.05, 0) is 44.5 Å². The second-order valence-electron chi connectivity index (χ2n) is 4.81. The van der Waals surface area contributed by atoms with Crippen LogP contribution in [-0.2, 0) is 0 Å². The highest BCUT2D eigenvalue weighted by Crippen LogP contribution is 2.20. The normalized spacial score (nSPS) is 23.1. The average Bonchev–Trinajstić information content (AvgIpc) is 2.99. The maximum absolute atomic E-state index is 5.48. The number of rotatable bonds is 6. The summed E-state index contributed by atoms with van der Waals surface area (Å²) >= 11 is 0. The lowest BCUT2D eigenvalue weighted by Gasteiger charge is -2.25. The van der Waals surface area contributed by atoms with Gasteiger partial charge < -0.3 is 9.73 Å². The maximum Gasteiger partial charge on any atom is 0.120 e. The van der Waals surface area contributed by atoms with E-state index >= 15 is 0 Å². The van der Waals surface area contributed by atoms with Gasteiger partial charge in [-0.15, -0.1) is 0 Å². The topological polar surface area (TPSA) is 28.4 Å². The van der Waals surface area contributed by atoms with Gasteiger partial charge in [0.2, 0.25) is 0 Å². The van der Waals surface area contributed by atoms with Gasteiger partial charge in [-0.2, -0.15) is 0 Å². The summed E-state index contributed by atoms with van der Waals surface area (Å²) in [4.78, 5) is 2.57.